The maximum atomic E-state index is 10.5. The van der Waals surface area contributed by atoms with Crippen molar-refractivity contribution in [2.24, 2.45) is 5.41 Å². The normalized spacial score (nSPS) is 12.6. The molecule has 0 saturated heterocycles. The van der Waals surface area contributed by atoms with Gasteiger partial charge in [-0.3, -0.25) is 0 Å². The van der Waals surface area contributed by atoms with Crippen LogP contribution < -0.4 is 4.90 Å². The minimum atomic E-state index is -0.703. The van der Waals surface area contributed by atoms with Crippen LogP contribution in [0.3, 0.4) is 0 Å². The topological polar surface area (TPSA) is 24.7 Å². The fourth-order valence-electron chi connectivity index (χ4n) is 2.80. The lowest BCUT2D eigenvalue weighted by molar-refractivity contribution is -0.934. The molecule has 0 aromatic heterocycles. The van der Waals surface area contributed by atoms with E-state index in [9.17, 15) is 5.11 Å². The third-order valence-corrected chi connectivity index (χ3v) is 4.94. The van der Waals surface area contributed by atoms with Gasteiger partial charge in [-0.05, 0) is 13.8 Å². The molecule has 0 aliphatic rings. The van der Waals surface area contributed by atoms with Crippen LogP contribution in [0.1, 0.15) is 38.8 Å². The first-order valence-electron chi connectivity index (χ1n) is 8.42. The van der Waals surface area contributed by atoms with Crippen LogP contribution in [0.2, 0.25) is 0 Å². The largest absolute Gasteiger partial charge is 0.390 e. The van der Waals surface area contributed by atoms with Crippen LogP contribution in [0.25, 0.3) is 0 Å². The molecule has 0 saturated carbocycles. The summed E-state index contributed by atoms with van der Waals surface area (Å²) in [6, 6.07) is 21.2. The first-order chi connectivity index (χ1) is 10.8. The molecule has 2 heteroatoms. The van der Waals surface area contributed by atoms with E-state index in [0.717, 1.165) is 19.6 Å². The van der Waals surface area contributed by atoms with E-state index in [4.69, 9.17) is 0 Å². The van der Waals surface area contributed by atoms with E-state index in [1.807, 2.05) is 13.8 Å². The van der Waals surface area contributed by atoms with Crippen molar-refractivity contribution in [3.05, 3.63) is 71.8 Å². The summed E-state index contributed by atoms with van der Waals surface area (Å²) in [7, 11) is 0. The molecule has 0 aliphatic carbocycles. The van der Waals surface area contributed by atoms with Gasteiger partial charge in [-0.25, -0.2) is 0 Å². The van der Waals surface area contributed by atoms with E-state index in [1.54, 1.807) is 0 Å². The Morgan fingerprint density at radius 3 is 1.48 bits per heavy atom. The van der Waals surface area contributed by atoms with Crippen molar-refractivity contribution in [3.8, 4) is 0 Å². The molecule has 124 valence electrons. The van der Waals surface area contributed by atoms with Crippen molar-refractivity contribution in [3.63, 3.8) is 0 Å². The first kappa shape index (κ1) is 17.7. The monoisotopic (exact) mass is 312 g/mol. The summed E-state index contributed by atoms with van der Waals surface area (Å²) in [5.74, 6) is 0. The molecule has 2 N–H and O–H groups in total. The summed E-state index contributed by atoms with van der Waals surface area (Å²) in [6.45, 7) is 11.0. The molecule has 0 spiro atoms. The van der Waals surface area contributed by atoms with E-state index in [-0.39, 0.29) is 5.41 Å². The number of aliphatic hydroxyl groups is 1. The highest BCUT2D eigenvalue weighted by atomic mass is 16.3. The van der Waals surface area contributed by atoms with Crippen molar-refractivity contribution in [1.82, 2.24) is 0 Å². The zero-order valence-electron chi connectivity index (χ0n) is 14.8. The van der Waals surface area contributed by atoms with Crippen molar-refractivity contribution < 1.29 is 10.0 Å². The van der Waals surface area contributed by atoms with Crippen LogP contribution in [0, 0.1) is 5.41 Å². The van der Waals surface area contributed by atoms with Crippen LogP contribution in [0.5, 0.6) is 0 Å². The Morgan fingerprint density at radius 1 is 0.739 bits per heavy atom. The minimum Gasteiger partial charge on any atom is -0.390 e. The number of benzene rings is 2. The molecule has 23 heavy (non-hydrogen) atoms. The van der Waals surface area contributed by atoms with Gasteiger partial charge in [0.05, 0.1) is 12.1 Å². The quantitative estimate of drug-likeness (QED) is 0.807. The smallest absolute Gasteiger partial charge is 0.103 e. The average molecular weight is 312 g/mol. The average Bonchev–Trinajstić information content (AvgIpc) is 2.47. The van der Waals surface area contributed by atoms with Crippen LogP contribution in [-0.4, -0.2) is 17.3 Å². The van der Waals surface area contributed by atoms with Gasteiger partial charge < -0.3 is 10.0 Å². The summed E-state index contributed by atoms with van der Waals surface area (Å²) >= 11 is 0. The van der Waals surface area contributed by atoms with E-state index < -0.39 is 5.60 Å². The molecule has 0 unspecified atom stereocenters. The second kappa shape index (κ2) is 7.29. The predicted octanol–water partition coefficient (Wildman–Crippen LogP) is 3.07. The van der Waals surface area contributed by atoms with E-state index in [1.165, 1.54) is 16.0 Å². The maximum Gasteiger partial charge on any atom is 0.103 e. The molecular weight excluding hydrogens is 282 g/mol. The maximum absolute atomic E-state index is 10.5. The Balaban J connectivity index is 2.17. The zero-order chi connectivity index (χ0) is 16.9. The molecule has 0 heterocycles. The van der Waals surface area contributed by atoms with Crippen LogP contribution in [-0.2, 0) is 13.1 Å². The van der Waals surface area contributed by atoms with E-state index in [0.29, 0.717) is 0 Å². The number of rotatable bonds is 7. The molecule has 0 aliphatic heterocycles. The molecule has 2 aromatic carbocycles. The van der Waals surface area contributed by atoms with Gasteiger partial charge in [0.25, 0.3) is 0 Å². The summed E-state index contributed by atoms with van der Waals surface area (Å²) < 4.78 is 0. The second-order valence-corrected chi connectivity index (χ2v) is 7.69. The van der Waals surface area contributed by atoms with E-state index in [2.05, 4.69) is 74.5 Å². The van der Waals surface area contributed by atoms with Crippen molar-refractivity contribution in [1.29, 1.82) is 0 Å². The van der Waals surface area contributed by atoms with Gasteiger partial charge >= 0.3 is 0 Å². The lowest BCUT2D eigenvalue weighted by Gasteiger charge is -2.39. The summed E-state index contributed by atoms with van der Waals surface area (Å²) in [6.07, 6.45) is 0. The van der Waals surface area contributed by atoms with Gasteiger partial charge in [0.1, 0.15) is 13.1 Å². The van der Waals surface area contributed by atoms with Crippen LogP contribution in [0.15, 0.2) is 60.7 Å². The highest BCUT2D eigenvalue weighted by Gasteiger charge is 2.38. The predicted molar refractivity (Wildman–Crippen MR) is 96.2 cm³/mol. The first-order valence-corrected chi connectivity index (χ1v) is 8.42. The standard InChI is InChI=1S/C21H29NO/c1-20(2,21(3,4)23)17-22(15-18-11-7-5-8-12-18)16-19-13-9-6-10-14-19/h5-14,23H,15-17H2,1-4H3/p+1. The molecule has 0 radical (unpaired) electrons. The SMILES string of the molecule is CC(C)(O)C(C)(C)C[NH+](Cc1ccccc1)Cc1ccccc1. The van der Waals surface area contributed by atoms with E-state index >= 15 is 0 Å². The third kappa shape index (κ3) is 5.19. The lowest BCUT2D eigenvalue weighted by Crippen LogP contribution is -3.11. The van der Waals surface area contributed by atoms with Crippen LogP contribution in [0.4, 0.5) is 0 Å². The fraction of sp³-hybridized carbons (Fsp3) is 0.429. The molecule has 2 aromatic rings. The van der Waals surface area contributed by atoms with Gasteiger partial charge in [-0.15, -0.1) is 0 Å². The van der Waals surface area contributed by atoms with Gasteiger partial charge in [-0.2, -0.15) is 0 Å². The molecule has 0 atom stereocenters. The number of quaternary nitrogens is 1. The molecule has 0 bridgehead atoms. The molecule has 0 amide bonds. The number of nitrogens with one attached hydrogen (secondary N) is 1. The van der Waals surface area contributed by atoms with Gasteiger partial charge in [0, 0.05) is 16.5 Å². The Morgan fingerprint density at radius 2 is 1.13 bits per heavy atom. The number of hydrogen-bond acceptors (Lipinski definition) is 1. The number of hydrogen-bond donors (Lipinski definition) is 2. The molecule has 2 nitrogen and oxygen atoms in total. The van der Waals surface area contributed by atoms with Gasteiger partial charge in [-0.1, -0.05) is 74.5 Å². The van der Waals surface area contributed by atoms with Crippen molar-refractivity contribution >= 4 is 0 Å². The summed E-state index contributed by atoms with van der Waals surface area (Å²) in [4.78, 5) is 1.47. The van der Waals surface area contributed by atoms with Crippen LogP contribution >= 0.6 is 0 Å². The summed E-state index contributed by atoms with van der Waals surface area (Å²) in [5.41, 5.74) is 1.81. The Hall–Kier alpha value is -1.64. The second-order valence-electron chi connectivity index (χ2n) is 7.69. The molecule has 2 rings (SSSR count). The summed E-state index contributed by atoms with van der Waals surface area (Å²) in [5, 5.41) is 10.5. The highest BCUT2D eigenvalue weighted by Crippen LogP contribution is 2.28. The highest BCUT2D eigenvalue weighted by molar-refractivity contribution is 5.15. The molecule has 0 fully saturated rings. The minimum absolute atomic E-state index is 0.161. The molecular formula is C21H30NO+. The Kier molecular flexibility index (Phi) is 5.61. The van der Waals surface area contributed by atoms with Crippen molar-refractivity contribution in [2.45, 2.75) is 46.4 Å². The third-order valence-electron chi connectivity index (χ3n) is 4.94. The fourth-order valence-corrected chi connectivity index (χ4v) is 2.80. The lowest BCUT2D eigenvalue weighted by atomic mass is 9.76. The Bertz CT molecular complexity index is 543. The zero-order valence-corrected chi connectivity index (χ0v) is 14.8. The Labute approximate surface area is 140 Å². The van der Waals surface area contributed by atoms with Crippen molar-refractivity contribution in [2.75, 3.05) is 6.54 Å². The van der Waals surface area contributed by atoms with Gasteiger partial charge in [0.2, 0.25) is 0 Å². The van der Waals surface area contributed by atoms with Gasteiger partial charge in [0.15, 0.2) is 0 Å².